The Morgan fingerprint density at radius 1 is 1.54 bits per heavy atom. The number of carbonyl (C=O) groups excluding carboxylic acids is 1. The van der Waals surface area contributed by atoms with Gasteiger partial charge < -0.3 is 27.1 Å². The molecular formula is C6H14N4O3. The van der Waals surface area contributed by atoms with Crippen LogP contribution in [0.4, 0.5) is 0 Å². The summed E-state index contributed by atoms with van der Waals surface area (Å²) in [6.45, 7) is 0.467. The summed E-state index contributed by atoms with van der Waals surface area (Å²) in [5.41, 5.74) is 9.94. The van der Waals surface area contributed by atoms with E-state index < -0.39 is 12.0 Å². The average Bonchev–Trinajstić information content (AvgIpc) is 2.11. The van der Waals surface area contributed by atoms with E-state index in [9.17, 15) is 4.79 Å². The van der Waals surface area contributed by atoms with E-state index in [2.05, 4.69) is 10.5 Å². The zero-order valence-electron chi connectivity index (χ0n) is 7.10. The van der Waals surface area contributed by atoms with Crippen LogP contribution < -0.4 is 16.8 Å². The smallest absolute Gasteiger partial charge is 0.247 e. The molecule has 0 spiro atoms. The molecule has 0 aromatic carbocycles. The van der Waals surface area contributed by atoms with Crippen LogP contribution >= 0.6 is 0 Å². The number of hydrogen-bond acceptors (Lipinski definition) is 5. The molecule has 1 unspecified atom stereocenters. The first-order chi connectivity index (χ1) is 6.07. The first-order valence-electron chi connectivity index (χ1n) is 3.72. The van der Waals surface area contributed by atoms with Gasteiger partial charge in [-0.15, -0.1) is 0 Å². The van der Waals surface area contributed by atoms with Crippen molar-refractivity contribution in [3.8, 4) is 0 Å². The first-order valence-corrected chi connectivity index (χ1v) is 3.72. The summed E-state index contributed by atoms with van der Waals surface area (Å²) < 4.78 is 0. The van der Waals surface area contributed by atoms with E-state index in [0.29, 0.717) is 13.0 Å². The highest BCUT2D eigenvalue weighted by molar-refractivity contribution is 5.80. The number of nitrogens with one attached hydrogen (secondary N) is 1. The number of hydrogen-bond donors (Lipinski definition) is 5. The fraction of sp³-hybridized carbons (Fsp3) is 0.667. The maximum Gasteiger partial charge on any atom is 0.247 e. The number of primary amides is 1. The van der Waals surface area contributed by atoms with E-state index in [0.717, 1.165) is 0 Å². The number of rotatable bonds is 6. The van der Waals surface area contributed by atoms with Gasteiger partial charge >= 0.3 is 0 Å². The minimum atomic E-state index is -1.20. The van der Waals surface area contributed by atoms with Crippen molar-refractivity contribution in [3.63, 3.8) is 0 Å². The molecule has 1 atom stereocenters. The lowest BCUT2D eigenvalue weighted by Crippen LogP contribution is -2.38. The van der Waals surface area contributed by atoms with Crippen molar-refractivity contribution in [1.82, 2.24) is 5.32 Å². The van der Waals surface area contributed by atoms with Crippen molar-refractivity contribution in [2.75, 3.05) is 13.1 Å². The Labute approximate surface area is 75.4 Å². The van der Waals surface area contributed by atoms with Crippen LogP contribution in [0.5, 0.6) is 0 Å². The number of oxime groups is 1. The van der Waals surface area contributed by atoms with Gasteiger partial charge in [0.1, 0.15) is 11.9 Å². The minimum absolute atomic E-state index is 0.0635. The number of aliphatic hydroxyl groups is 1. The van der Waals surface area contributed by atoms with Crippen molar-refractivity contribution in [3.05, 3.63) is 0 Å². The fourth-order valence-electron chi connectivity index (χ4n) is 0.606. The lowest BCUT2D eigenvalue weighted by atomic mass is 10.3. The van der Waals surface area contributed by atoms with Gasteiger partial charge in [0.25, 0.3) is 0 Å². The van der Waals surface area contributed by atoms with Crippen molar-refractivity contribution in [1.29, 1.82) is 0 Å². The number of amidine groups is 1. The first kappa shape index (κ1) is 11.7. The van der Waals surface area contributed by atoms with Gasteiger partial charge in [-0.05, 0) is 0 Å². The van der Waals surface area contributed by atoms with Gasteiger partial charge in [0, 0.05) is 19.5 Å². The predicted molar refractivity (Wildman–Crippen MR) is 46.1 cm³/mol. The van der Waals surface area contributed by atoms with Gasteiger partial charge in [0.15, 0.2) is 0 Å². The van der Waals surface area contributed by atoms with E-state index in [1.807, 2.05) is 0 Å². The Bertz CT molecular complexity index is 194. The summed E-state index contributed by atoms with van der Waals surface area (Å²) in [4.78, 5) is 10.3. The van der Waals surface area contributed by atoms with E-state index in [1.165, 1.54) is 0 Å². The second-order valence-electron chi connectivity index (χ2n) is 2.46. The van der Waals surface area contributed by atoms with Crippen LogP contribution in [0.2, 0.25) is 0 Å². The van der Waals surface area contributed by atoms with E-state index in [-0.39, 0.29) is 12.4 Å². The third-order valence-corrected chi connectivity index (χ3v) is 1.35. The van der Waals surface area contributed by atoms with Crippen molar-refractivity contribution in [2.24, 2.45) is 16.6 Å². The molecule has 0 aliphatic heterocycles. The molecule has 13 heavy (non-hydrogen) atoms. The van der Waals surface area contributed by atoms with Crippen LogP contribution in [-0.2, 0) is 4.79 Å². The highest BCUT2D eigenvalue weighted by Gasteiger charge is 2.08. The number of carbonyl (C=O) groups is 1. The third kappa shape index (κ3) is 5.88. The molecule has 7 heteroatoms. The normalized spacial score (nSPS) is 14.1. The molecule has 0 aliphatic rings. The molecule has 1 amide bonds. The molecule has 0 aliphatic carbocycles. The molecule has 7 nitrogen and oxygen atoms in total. The highest BCUT2D eigenvalue weighted by atomic mass is 16.4. The van der Waals surface area contributed by atoms with E-state index >= 15 is 0 Å². The van der Waals surface area contributed by atoms with Crippen LogP contribution in [0.1, 0.15) is 6.42 Å². The van der Waals surface area contributed by atoms with Gasteiger partial charge in [0.05, 0.1) is 0 Å². The Balaban J connectivity index is 3.41. The van der Waals surface area contributed by atoms with Crippen LogP contribution in [0.15, 0.2) is 5.16 Å². The number of nitrogens with two attached hydrogens (primary N) is 2. The lowest BCUT2D eigenvalue weighted by Gasteiger charge is -2.07. The van der Waals surface area contributed by atoms with E-state index in [4.69, 9.17) is 21.8 Å². The van der Waals surface area contributed by atoms with Crippen molar-refractivity contribution < 1.29 is 15.1 Å². The average molecular weight is 190 g/mol. The molecule has 0 radical (unpaired) electrons. The zero-order valence-corrected chi connectivity index (χ0v) is 7.10. The Morgan fingerprint density at radius 2 is 2.15 bits per heavy atom. The van der Waals surface area contributed by atoms with Gasteiger partial charge in [0.2, 0.25) is 5.91 Å². The quantitative estimate of drug-likeness (QED) is 0.104. The number of nitrogens with zero attached hydrogens (tertiary/aromatic N) is 1. The minimum Gasteiger partial charge on any atom is -0.409 e. The number of aliphatic hydroxyl groups excluding tert-OH is 1. The lowest BCUT2D eigenvalue weighted by molar-refractivity contribution is -0.125. The summed E-state index contributed by atoms with van der Waals surface area (Å²) >= 11 is 0. The molecule has 0 saturated heterocycles. The monoisotopic (exact) mass is 190 g/mol. The van der Waals surface area contributed by atoms with Gasteiger partial charge in [-0.3, -0.25) is 4.79 Å². The molecule has 0 fully saturated rings. The Kier molecular flexibility index (Phi) is 5.57. The van der Waals surface area contributed by atoms with Crippen LogP contribution in [0.3, 0.4) is 0 Å². The summed E-state index contributed by atoms with van der Waals surface area (Å²) in [7, 11) is 0. The summed E-state index contributed by atoms with van der Waals surface area (Å²) in [6, 6.07) is 0. The van der Waals surface area contributed by atoms with Crippen LogP contribution in [0.25, 0.3) is 0 Å². The molecule has 0 aromatic heterocycles. The molecule has 0 rings (SSSR count). The largest absolute Gasteiger partial charge is 0.409 e. The molecule has 0 saturated carbocycles. The summed E-state index contributed by atoms with van der Waals surface area (Å²) in [6.07, 6.45) is -0.866. The molecule has 76 valence electrons. The van der Waals surface area contributed by atoms with Crippen LogP contribution in [-0.4, -0.2) is 41.3 Å². The fourth-order valence-corrected chi connectivity index (χ4v) is 0.606. The zero-order chi connectivity index (χ0) is 10.3. The van der Waals surface area contributed by atoms with Gasteiger partial charge in [-0.2, -0.15) is 0 Å². The topological polar surface area (TPSA) is 134 Å². The van der Waals surface area contributed by atoms with Gasteiger partial charge in [-0.25, -0.2) is 0 Å². The molecular weight excluding hydrogens is 176 g/mol. The number of amides is 1. The predicted octanol–water partition coefficient (Wildman–Crippen LogP) is -2.44. The second-order valence-corrected chi connectivity index (χ2v) is 2.46. The Hall–Kier alpha value is -1.34. The summed E-state index contributed by atoms with van der Waals surface area (Å²) in [5, 5.41) is 22.5. The maximum absolute atomic E-state index is 10.3. The van der Waals surface area contributed by atoms with Crippen LogP contribution in [0, 0.1) is 0 Å². The van der Waals surface area contributed by atoms with E-state index in [1.54, 1.807) is 0 Å². The highest BCUT2D eigenvalue weighted by Crippen LogP contribution is 1.80. The Morgan fingerprint density at radius 3 is 2.62 bits per heavy atom. The second kappa shape index (κ2) is 6.21. The molecule has 0 bridgehead atoms. The standard InChI is InChI=1S/C6H14N4O3/c7-5(10-13)1-2-9-3-4(11)6(8)12/h4,9,11,13H,1-3H2,(H2,7,10)(H2,8,12). The van der Waals surface area contributed by atoms with Crippen molar-refractivity contribution >= 4 is 11.7 Å². The molecule has 0 heterocycles. The molecule has 0 aromatic rings. The van der Waals surface area contributed by atoms with Gasteiger partial charge in [-0.1, -0.05) is 5.16 Å². The van der Waals surface area contributed by atoms with Crippen molar-refractivity contribution in [2.45, 2.75) is 12.5 Å². The summed E-state index contributed by atoms with van der Waals surface area (Å²) in [5.74, 6) is -0.697. The maximum atomic E-state index is 10.3. The SMILES string of the molecule is NC(=O)C(O)CNCCC(N)=NO. The molecule has 7 N–H and O–H groups in total. The third-order valence-electron chi connectivity index (χ3n) is 1.35.